The fraction of sp³-hybridized carbons (Fsp3) is 0.500. The quantitative estimate of drug-likeness (QED) is 0.838. The van der Waals surface area contributed by atoms with Crippen molar-refractivity contribution in [1.29, 1.82) is 0 Å². The van der Waals surface area contributed by atoms with Crippen molar-refractivity contribution < 1.29 is 0 Å². The fourth-order valence-electron chi connectivity index (χ4n) is 1.31. The number of thioether (sulfide) groups is 1. The number of nitrogens with one attached hydrogen (secondary N) is 1. The van der Waals surface area contributed by atoms with Crippen LogP contribution in [0.25, 0.3) is 0 Å². The molecule has 1 aliphatic rings. The van der Waals surface area contributed by atoms with Crippen molar-refractivity contribution in [2.24, 2.45) is 4.99 Å². The fourth-order valence-corrected chi connectivity index (χ4v) is 3.06. The SMILES string of the molecule is Cc1ccc(CN=C2NC(C)CS2)s1. The molecular weight excluding hydrogens is 212 g/mol. The Hall–Kier alpha value is -0.480. The second kappa shape index (κ2) is 4.36. The van der Waals surface area contributed by atoms with Gasteiger partial charge in [0.25, 0.3) is 0 Å². The zero-order valence-electron chi connectivity index (χ0n) is 8.41. The van der Waals surface area contributed by atoms with Gasteiger partial charge in [-0.1, -0.05) is 11.8 Å². The van der Waals surface area contributed by atoms with Gasteiger partial charge in [-0.05, 0) is 26.0 Å². The van der Waals surface area contributed by atoms with Crippen molar-refractivity contribution in [1.82, 2.24) is 5.32 Å². The van der Waals surface area contributed by atoms with E-state index in [9.17, 15) is 0 Å². The molecule has 0 spiro atoms. The highest BCUT2D eigenvalue weighted by Gasteiger charge is 2.14. The minimum absolute atomic E-state index is 0.573. The molecular formula is C10H14N2S2. The van der Waals surface area contributed by atoms with Crippen molar-refractivity contribution in [3.05, 3.63) is 21.9 Å². The van der Waals surface area contributed by atoms with E-state index < -0.39 is 0 Å². The van der Waals surface area contributed by atoms with Crippen LogP contribution in [-0.2, 0) is 6.54 Å². The highest BCUT2D eigenvalue weighted by atomic mass is 32.2. The van der Waals surface area contributed by atoms with E-state index in [2.05, 4.69) is 36.3 Å². The molecule has 0 aromatic carbocycles. The highest BCUT2D eigenvalue weighted by Crippen LogP contribution is 2.18. The van der Waals surface area contributed by atoms with Crippen LogP contribution < -0.4 is 5.32 Å². The van der Waals surface area contributed by atoms with Crippen molar-refractivity contribution in [3.63, 3.8) is 0 Å². The smallest absolute Gasteiger partial charge is 0.157 e. The van der Waals surface area contributed by atoms with Crippen molar-refractivity contribution in [3.8, 4) is 0 Å². The molecule has 1 aliphatic heterocycles. The number of hydrogen-bond acceptors (Lipinski definition) is 3. The summed E-state index contributed by atoms with van der Waals surface area (Å²) in [7, 11) is 0. The van der Waals surface area contributed by atoms with E-state index in [-0.39, 0.29) is 0 Å². The molecule has 2 heterocycles. The molecule has 4 heteroatoms. The standard InChI is InChI=1S/C10H14N2S2/c1-7-6-13-10(12-7)11-5-9-4-3-8(2)14-9/h3-4,7H,5-6H2,1-2H3,(H,11,12). The van der Waals surface area contributed by atoms with E-state index >= 15 is 0 Å². The molecule has 76 valence electrons. The van der Waals surface area contributed by atoms with Gasteiger partial charge in [-0.25, -0.2) is 0 Å². The number of nitrogens with zero attached hydrogens (tertiary/aromatic N) is 1. The van der Waals surface area contributed by atoms with Gasteiger partial charge < -0.3 is 5.32 Å². The Bertz CT molecular complexity index is 344. The number of amidine groups is 1. The zero-order valence-corrected chi connectivity index (χ0v) is 10.0. The van der Waals surface area contributed by atoms with Crippen LogP contribution in [0.1, 0.15) is 16.7 Å². The summed E-state index contributed by atoms with van der Waals surface area (Å²) in [4.78, 5) is 7.24. The molecule has 2 nitrogen and oxygen atoms in total. The number of rotatable bonds is 2. The Morgan fingerprint density at radius 3 is 3.00 bits per heavy atom. The van der Waals surface area contributed by atoms with Crippen LogP contribution in [0, 0.1) is 6.92 Å². The lowest BCUT2D eigenvalue weighted by Crippen LogP contribution is -2.23. The first-order chi connectivity index (χ1) is 6.74. The van der Waals surface area contributed by atoms with Gasteiger partial charge in [0.05, 0.1) is 6.54 Å². The number of aryl methyl sites for hydroxylation is 1. The molecule has 1 aromatic rings. The third-order valence-electron chi connectivity index (χ3n) is 2.01. The molecule has 2 rings (SSSR count). The molecule has 1 N–H and O–H groups in total. The largest absolute Gasteiger partial charge is 0.362 e. The molecule has 0 aliphatic carbocycles. The van der Waals surface area contributed by atoms with Gasteiger partial charge in [-0.15, -0.1) is 11.3 Å². The zero-order chi connectivity index (χ0) is 9.97. The maximum atomic E-state index is 4.54. The third kappa shape index (κ3) is 2.51. The van der Waals surface area contributed by atoms with Crippen LogP contribution in [0.3, 0.4) is 0 Å². The predicted octanol–water partition coefficient (Wildman–Crippen LogP) is 2.64. The number of hydrogen-bond donors (Lipinski definition) is 1. The lowest BCUT2D eigenvalue weighted by Gasteiger charge is -1.99. The number of aliphatic imine (C=N–C) groups is 1. The maximum absolute atomic E-state index is 4.54. The van der Waals surface area contributed by atoms with Gasteiger partial charge in [0.15, 0.2) is 5.17 Å². The summed E-state index contributed by atoms with van der Waals surface area (Å²) in [5.74, 6) is 1.14. The van der Waals surface area contributed by atoms with Gasteiger partial charge in [0.1, 0.15) is 0 Å². The second-order valence-corrected chi connectivity index (χ2v) is 5.87. The van der Waals surface area contributed by atoms with Gasteiger partial charge >= 0.3 is 0 Å². The summed E-state index contributed by atoms with van der Waals surface area (Å²) in [6, 6.07) is 4.88. The van der Waals surface area contributed by atoms with Crippen LogP contribution in [-0.4, -0.2) is 17.0 Å². The molecule has 1 aromatic heterocycles. The molecule has 14 heavy (non-hydrogen) atoms. The monoisotopic (exact) mass is 226 g/mol. The Labute approximate surface area is 92.8 Å². The van der Waals surface area contributed by atoms with Crippen molar-refractivity contribution >= 4 is 28.3 Å². The van der Waals surface area contributed by atoms with Crippen molar-refractivity contribution in [2.45, 2.75) is 26.4 Å². The Morgan fingerprint density at radius 1 is 1.57 bits per heavy atom. The van der Waals surface area contributed by atoms with E-state index in [0.717, 1.165) is 17.5 Å². The van der Waals surface area contributed by atoms with Crippen LogP contribution in [0.2, 0.25) is 0 Å². The minimum Gasteiger partial charge on any atom is -0.362 e. The first-order valence-corrected chi connectivity index (χ1v) is 6.53. The summed E-state index contributed by atoms with van der Waals surface area (Å²) in [5, 5.41) is 4.45. The van der Waals surface area contributed by atoms with Crippen LogP contribution in [0.15, 0.2) is 17.1 Å². The van der Waals surface area contributed by atoms with E-state index in [1.165, 1.54) is 9.75 Å². The molecule has 0 bridgehead atoms. The predicted molar refractivity (Wildman–Crippen MR) is 65.3 cm³/mol. The van der Waals surface area contributed by atoms with Crippen LogP contribution in [0.4, 0.5) is 0 Å². The topological polar surface area (TPSA) is 24.4 Å². The van der Waals surface area contributed by atoms with Gasteiger partial charge in [0, 0.05) is 21.5 Å². The lowest BCUT2D eigenvalue weighted by molar-refractivity contribution is 0.764. The summed E-state index contributed by atoms with van der Waals surface area (Å²) >= 11 is 3.65. The average Bonchev–Trinajstić information content (AvgIpc) is 2.72. The normalized spacial score (nSPS) is 24.1. The van der Waals surface area contributed by atoms with Crippen molar-refractivity contribution in [2.75, 3.05) is 5.75 Å². The Balaban J connectivity index is 1.93. The van der Waals surface area contributed by atoms with E-state index in [1.807, 2.05) is 23.1 Å². The molecule has 0 radical (unpaired) electrons. The summed E-state index contributed by atoms with van der Waals surface area (Å²) in [6.45, 7) is 5.14. The summed E-state index contributed by atoms with van der Waals surface area (Å²) in [5.41, 5.74) is 0. The molecule has 0 amide bonds. The molecule has 1 unspecified atom stereocenters. The molecule has 1 fully saturated rings. The summed E-state index contributed by atoms with van der Waals surface area (Å²) in [6.07, 6.45) is 0. The lowest BCUT2D eigenvalue weighted by atomic mass is 10.4. The highest BCUT2D eigenvalue weighted by molar-refractivity contribution is 8.14. The molecule has 0 saturated carbocycles. The van der Waals surface area contributed by atoms with E-state index in [1.54, 1.807) is 0 Å². The first-order valence-electron chi connectivity index (χ1n) is 4.73. The molecule has 1 atom stereocenters. The van der Waals surface area contributed by atoms with Crippen LogP contribution >= 0.6 is 23.1 Å². The summed E-state index contributed by atoms with van der Waals surface area (Å²) < 4.78 is 0. The van der Waals surface area contributed by atoms with E-state index in [0.29, 0.717) is 6.04 Å². The maximum Gasteiger partial charge on any atom is 0.157 e. The minimum atomic E-state index is 0.573. The van der Waals surface area contributed by atoms with E-state index in [4.69, 9.17) is 0 Å². The molecule has 1 saturated heterocycles. The van der Waals surface area contributed by atoms with Crippen LogP contribution in [0.5, 0.6) is 0 Å². The third-order valence-corrected chi connectivity index (χ3v) is 4.19. The first kappa shape index (κ1) is 10.1. The average molecular weight is 226 g/mol. The van der Waals surface area contributed by atoms with Gasteiger partial charge in [0.2, 0.25) is 0 Å². The number of thiophene rings is 1. The Kier molecular flexibility index (Phi) is 3.13. The second-order valence-electron chi connectivity index (χ2n) is 3.49. The van der Waals surface area contributed by atoms with Gasteiger partial charge in [-0.3, -0.25) is 4.99 Å². The van der Waals surface area contributed by atoms with Gasteiger partial charge in [-0.2, -0.15) is 0 Å². The Morgan fingerprint density at radius 2 is 2.43 bits per heavy atom.